The van der Waals surface area contributed by atoms with Crippen LogP contribution >= 0.6 is 0 Å². The SMILES string of the molecule is [2H]C([2H])(OC(C)=O)[C@H]1O[C@@](C#N)(c2ccc3c(N)ncnn23)[C@H](OC(C)=O)[C@@H]1OC(C)=O. The van der Waals surface area contributed by atoms with Crippen LogP contribution in [0.3, 0.4) is 0 Å². The third kappa shape index (κ3) is 3.62. The van der Waals surface area contributed by atoms with Crippen LogP contribution in [0.25, 0.3) is 5.52 Å². The van der Waals surface area contributed by atoms with E-state index in [0.717, 1.165) is 27.1 Å². The van der Waals surface area contributed by atoms with Crippen LogP contribution < -0.4 is 5.73 Å². The first-order valence-electron chi connectivity index (χ1n) is 9.64. The van der Waals surface area contributed by atoms with Crippen molar-refractivity contribution < 1.29 is 36.1 Å². The summed E-state index contributed by atoms with van der Waals surface area (Å²) in [5, 5.41) is 14.2. The molecule has 3 heterocycles. The van der Waals surface area contributed by atoms with Gasteiger partial charge in [0, 0.05) is 20.8 Å². The van der Waals surface area contributed by atoms with E-state index in [0.29, 0.717) is 0 Å². The number of carbonyl (C=O) groups excluding carboxylic acids is 3. The summed E-state index contributed by atoms with van der Waals surface area (Å²) in [6, 6.07) is 4.76. The Kier molecular flexibility index (Phi) is 4.86. The van der Waals surface area contributed by atoms with Crippen molar-refractivity contribution in [1.29, 1.82) is 5.26 Å². The highest BCUT2D eigenvalue weighted by atomic mass is 16.7. The van der Waals surface area contributed by atoms with E-state index in [-0.39, 0.29) is 17.0 Å². The highest BCUT2D eigenvalue weighted by Gasteiger charge is 2.62. The van der Waals surface area contributed by atoms with E-state index in [4.69, 9.17) is 27.4 Å². The molecule has 1 fully saturated rings. The Morgan fingerprint density at radius 1 is 1.30 bits per heavy atom. The average Bonchev–Trinajstić information content (AvgIpc) is 3.22. The average molecular weight is 419 g/mol. The quantitative estimate of drug-likeness (QED) is 0.505. The van der Waals surface area contributed by atoms with Crippen molar-refractivity contribution >= 4 is 29.2 Å². The van der Waals surface area contributed by atoms with E-state index in [9.17, 15) is 19.6 Å². The molecule has 0 amide bonds. The first kappa shape index (κ1) is 18.3. The summed E-state index contributed by atoms with van der Waals surface area (Å²) in [6.45, 7) is 0.187. The molecule has 0 aliphatic carbocycles. The van der Waals surface area contributed by atoms with Crippen LogP contribution in [-0.4, -0.2) is 57.4 Å². The maximum Gasteiger partial charge on any atom is 0.303 e. The largest absolute Gasteiger partial charge is 0.463 e. The highest BCUT2D eigenvalue weighted by Crippen LogP contribution is 2.43. The Bertz CT molecular complexity index is 1130. The van der Waals surface area contributed by atoms with Gasteiger partial charge in [-0.2, -0.15) is 10.4 Å². The minimum absolute atomic E-state index is 0.00590. The van der Waals surface area contributed by atoms with Crippen molar-refractivity contribution in [3.05, 3.63) is 24.2 Å². The molecule has 12 nitrogen and oxygen atoms in total. The Labute approximate surface area is 173 Å². The van der Waals surface area contributed by atoms with E-state index in [2.05, 4.69) is 10.1 Å². The molecule has 2 aromatic rings. The molecule has 2 aromatic heterocycles. The zero-order chi connectivity index (χ0) is 23.8. The molecule has 0 unspecified atom stereocenters. The van der Waals surface area contributed by atoms with Crippen LogP contribution in [0.4, 0.5) is 5.82 Å². The van der Waals surface area contributed by atoms with Crippen molar-refractivity contribution in [3.63, 3.8) is 0 Å². The van der Waals surface area contributed by atoms with Crippen molar-refractivity contribution in [2.45, 2.75) is 44.7 Å². The number of nitrogens with two attached hydrogens (primary N) is 1. The lowest BCUT2D eigenvalue weighted by Gasteiger charge is -2.28. The lowest BCUT2D eigenvalue weighted by molar-refractivity contribution is -0.167. The molecule has 12 heteroatoms. The number of rotatable bonds is 5. The maximum absolute atomic E-state index is 11.9. The van der Waals surface area contributed by atoms with E-state index < -0.39 is 48.4 Å². The Balaban J connectivity index is 2.26. The first-order chi connectivity index (χ1) is 14.9. The fourth-order valence-electron chi connectivity index (χ4n) is 3.19. The molecule has 30 heavy (non-hydrogen) atoms. The molecule has 3 rings (SSSR count). The minimum Gasteiger partial charge on any atom is -0.463 e. The zero-order valence-electron chi connectivity index (χ0n) is 18.2. The number of hydrogen-bond donors (Lipinski definition) is 1. The molecular formula is C18H19N5O7. The first-order valence-corrected chi connectivity index (χ1v) is 8.64. The van der Waals surface area contributed by atoms with Crippen molar-refractivity contribution in [1.82, 2.24) is 14.6 Å². The predicted molar refractivity (Wildman–Crippen MR) is 97.3 cm³/mol. The van der Waals surface area contributed by atoms with Crippen LogP contribution in [0.15, 0.2) is 18.5 Å². The minimum atomic E-state index is -2.87. The van der Waals surface area contributed by atoms with Crippen LogP contribution in [0.2, 0.25) is 0 Å². The van der Waals surface area contributed by atoms with Gasteiger partial charge in [-0.15, -0.1) is 0 Å². The van der Waals surface area contributed by atoms with Gasteiger partial charge in [-0.25, -0.2) is 9.50 Å². The molecule has 1 aliphatic heterocycles. The third-order valence-corrected chi connectivity index (χ3v) is 4.25. The number of nitrogens with zero attached hydrogens (tertiary/aromatic N) is 4. The van der Waals surface area contributed by atoms with Gasteiger partial charge < -0.3 is 24.7 Å². The molecule has 4 atom stereocenters. The standard InChI is InChI=1S/C18H19N5O7/c1-9(24)27-6-13-15(28-10(2)25)16(29-11(3)26)18(7-19,30-13)14-5-4-12-17(20)21-8-22-23(12)14/h4-5,8,13,15-16H,6H2,1-3H3,(H2,20,21,22)/t13-,15-,16-,18+/m1/s1/i6D2. The zero-order valence-corrected chi connectivity index (χ0v) is 16.2. The molecule has 2 N–H and O–H groups in total. The fraction of sp³-hybridized carbons (Fsp3) is 0.444. The van der Waals surface area contributed by atoms with Crippen molar-refractivity contribution in [2.24, 2.45) is 0 Å². The summed E-state index contributed by atoms with van der Waals surface area (Å²) in [7, 11) is 0. The molecule has 0 radical (unpaired) electrons. The lowest BCUT2D eigenvalue weighted by atomic mass is 9.92. The summed E-state index contributed by atoms with van der Waals surface area (Å²) in [6.07, 6.45) is -4.04. The molecule has 0 spiro atoms. The molecule has 0 saturated carbocycles. The lowest BCUT2D eigenvalue weighted by Crippen LogP contribution is -2.45. The normalized spacial score (nSPS) is 26.9. The van der Waals surface area contributed by atoms with Gasteiger partial charge in [0.1, 0.15) is 30.6 Å². The third-order valence-electron chi connectivity index (χ3n) is 4.25. The summed E-state index contributed by atoms with van der Waals surface area (Å²) in [5.74, 6) is -2.66. The number of nitriles is 1. The second-order valence-corrected chi connectivity index (χ2v) is 6.36. The van der Waals surface area contributed by atoms with Crippen LogP contribution in [-0.2, 0) is 38.9 Å². The maximum atomic E-state index is 11.9. The molecule has 0 aromatic carbocycles. The Morgan fingerprint density at radius 2 is 2.00 bits per heavy atom. The van der Waals surface area contributed by atoms with Crippen molar-refractivity contribution in [3.8, 4) is 6.07 Å². The number of fused-ring (bicyclic) bond motifs is 1. The summed E-state index contributed by atoms with van der Waals surface area (Å²) >= 11 is 0. The van der Waals surface area contributed by atoms with Crippen LogP contribution in [0, 0.1) is 11.3 Å². The number of anilines is 1. The summed E-state index contributed by atoms with van der Waals surface area (Å²) in [4.78, 5) is 39.0. The number of nitrogen functional groups attached to an aromatic ring is 1. The van der Waals surface area contributed by atoms with E-state index in [1.165, 1.54) is 16.6 Å². The van der Waals surface area contributed by atoms with Gasteiger partial charge in [-0.05, 0) is 12.1 Å². The highest BCUT2D eigenvalue weighted by molar-refractivity contribution is 5.69. The molecule has 0 bridgehead atoms. The second kappa shape index (κ2) is 7.96. The van der Waals surface area contributed by atoms with Gasteiger partial charge >= 0.3 is 17.9 Å². The monoisotopic (exact) mass is 419 g/mol. The topological polar surface area (TPSA) is 168 Å². The number of ether oxygens (including phenoxy) is 4. The van der Waals surface area contributed by atoms with E-state index >= 15 is 0 Å². The number of aromatic nitrogens is 3. The molecule has 1 aliphatic rings. The van der Waals surface area contributed by atoms with Crippen LogP contribution in [0.5, 0.6) is 0 Å². The summed E-state index contributed by atoms with van der Waals surface area (Å²) < 4.78 is 38.6. The number of carbonyl (C=O) groups is 3. The van der Waals surface area contributed by atoms with Gasteiger partial charge in [0.2, 0.25) is 5.60 Å². The number of hydrogen-bond acceptors (Lipinski definition) is 11. The number of esters is 3. The van der Waals surface area contributed by atoms with E-state index in [1.54, 1.807) is 0 Å². The van der Waals surface area contributed by atoms with Gasteiger partial charge in [0.25, 0.3) is 0 Å². The van der Waals surface area contributed by atoms with Gasteiger partial charge in [0.05, 0.1) is 8.44 Å². The predicted octanol–water partition coefficient (Wildman–Crippen LogP) is -0.144. The Hall–Kier alpha value is -3.72. The van der Waals surface area contributed by atoms with Gasteiger partial charge in [-0.1, -0.05) is 0 Å². The smallest absolute Gasteiger partial charge is 0.303 e. The Morgan fingerprint density at radius 3 is 2.60 bits per heavy atom. The molecule has 1 saturated heterocycles. The van der Waals surface area contributed by atoms with Gasteiger partial charge in [-0.3, -0.25) is 14.4 Å². The fourth-order valence-corrected chi connectivity index (χ4v) is 3.19. The van der Waals surface area contributed by atoms with Crippen molar-refractivity contribution in [2.75, 3.05) is 12.3 Å². The second-order valence-electron chi connectivity index (χ2n) is 6.36. The van der Waals surface area contributed by atoms with E-state index in [1.807, 2.05) is 6.07 Å². The molecule has 158 valence electrons. The van der Waals surface area contributed by atoms with Gasteiger partial charge in [0.15, 0.2) is 18.0 Å². The van der Waals surface area contributed by atoms with Crippen LogP contribution in [0.1, 0.15) is 29.2 Å². The summed E-state index contributed by atoms with van der Waals surface area (Å²) in [5.41, 5.74) is 3.90. The molecular weight excluding hydrogens is 398 g/mol.